The lowest BCUT2D eigenvalue weighted by Gasteiger charge is -2.36. The van der Waals surface area contributed by atoms with Gasteiger partial charge in [0, 0.05) is 31.8 Å². The summed E-state index contributed by atoms with van der Waals surface area (Å²) >= 11 is 15.8. The minimum Gasteiger partial charge on any atom is -0.324 e. The van der Waals surface area contributed by atoms with Crippen molar-refractivity contribution in [2.45, 2.75) is 24.4 Å². The molecular weight excluding hydrogens is 505 g/mol. The molecule has 0 aromatic heterocycles. The third-order valence-electron chi connectivity index (χ3n) is 7.06. The fourth-order valence-corrected chi connectivity index (χ4v) is 6.97. The summed E-state index contributed by atoms with van der Waals surface area (Å²) in [5, 5.41) is 3.64. The van der Waals surface area contributed by atoms with Gasteiger partial charge in [-0.25, -0.2) is 4.90 Å². The molecule has 1 spiro atoms. The maximum Gasteiger partial charge on any atom is 0.250 e. The Hall–Kier alpha value is -1.93. The Labute approximate surface area is 196 Å². The van der Waals surface area contributed by atoms with Crippen LogP contribution in [0.4, 0.5) is 11.4 Å². The number of imide groups is 1. The first kappa shape index (κ1) is 19.7. The number of nitrogens with zero attached hydrogens (tertiary/aromatic N) is 2. The summed E-state index contributed by atoms with van der Waals surface area (Å²) in [6, 6.07) is 10.1. The predicted octanol–water partition coefficient (Wildman–Crippen LogP) is 4.19. The number of anilines is 2. The van der Waals surface area contributed by atoms with Crippen molar-refractivity contribution in [1.82, 2.24) is 4.90 Å². The molecule has 4 atom stereocenters. The van der Waals surface area contributed by atoms with Crippen LogP contribution < -0.4 is 10.2 Å². The predicted molar refractivity (Wildman–Crippen MR) is 120 cm³/mol. The lowest BCUT2D eigenvalue weighted by atomic mass is 9.75. The molecular formula is C22H16BrCl2N3O3. The Bertz CT molecular complexity index is 1180. The molecule has 0 saturated carbocycles. The van der Waals surface area contributed by atoms with Crippen molar-refractivity contribution in [2.75, 3.05) is 16.8 Å². The number of halogens is 3. The largest absolute Gasteiger partial charge is 0.324 e. The number of rotatable bonds is 1. The number of nitrogens with one attached hydrogen (secondary N) is 1. The average molecular weight is 521 g/mol. The molecule has 4 unspecified atom stereocenters. The summed E-state index contributed by atoms with van der Waals surface area (Å²) in [4.78, 5) is 44.3. The Morgan fingerprint density at radius 1 is 1.03 bits per heavy atom. The third kappa shape index (κ3) is 2.40. The van der Waals surface area contributed by atoms with E-state index in [1.807, 2.05) is 18.2 Å². The summed E-state index contributed by atoms with van der Waals surface area (Å²) in [5.74, 6) is -2.32. The molecule has 3 fully saturated rings. The SMILES string of the molecule is O=C1C2C3CCCN3C3(C(=O)Nc4ccc(Br)cc43)C2C(=O)N1c1cc(Cl)cc(Cl)c1. The molecule has 158 valence electrons. The van der Waals surface area contributed by atoms with Crippen LogP contribution in [-0.4, -0.2) is 35.2 Å². The van der Waals surface area contributed by atoms with Crippen LogP contribution in [0.2, 0.25) is 10.0 Å². The fourth-order valence-electron chi connectivity index (χ4n) is 6.10. The van der Waals surface area contributed by atoms with Crippen molar-refractivity contribution in [3.05, 3.63) is 56.5 Å². The average Bonchev–Trinajstić information content (AvgIpc) is 3.39. The van der Waals surface area contributed by atoms with Gasteiger partial charge in [0.2, 0.25) is 17.7 Å². The van der Waals surface area contributed by atoms with Crippen molar-refractivity contribution < 1.29 is 14.4 Å². The van der Waals surface area contributed by atoms with Gasteiger partial charge in [-0.15, -0.1) is 0 Å². The quantitative estimate of drug-likeness (QED) is 0.572. The van der Waals surface area contributed by atoms with Crippen molar-refractivity contribution >= 4 is 68.2 Å². The van der Waals surface area contributed by atoms with Crippen LogP contribution in [0.5, 0.6) is 0 Å². The first-order valence-electron chi connectivity index (χ1n) is 10.1. The van der Waals surface area contributed by atoms with Gasteiger partial charge >= 0.3 is 0 Å². The summed E-state index contributed by atoms with van der Waals surface area (Å²) in [7, 11) is 0. The van der Waals surface area contributed by atoms with Gasteiger partial charge in [-0.2, -0.15) is 0 Å². The topological polar surface area (TPSA) is 69.7 Å². The lowest BCUT2D eigenvalue weighted by Crippen LogP contribution is -2.54. The molecule has 9 heteroatoms. The van der Waals surface area contributed by atoms with Crippen LogP contribution in [-0.2, 0) is 19.9 Å². The number of hydrogen-bond donors (Lipinski definition) is 1. The first-order chi connectivity index (χ1) is 14.8. The second kappa shape index (κ2) is 6.54. The van der Waals surface area contributed by atoms with Crippen LogP contribution in [0.3, 0.4) is 0 Å². The van der Waals surface area contributed by atoms with Gasteiger partial charge in [-0.3, -0.25) is 19.3 Å². The van der Waals surface area contributed by atoms with Crippen LogP contribution in [0, 0.1) is 11.8 Å². The molecule has 0 radical (unpaired) electrons. The molecule has 6 rings (SSSR count). The number of hydrogen-bond acceptors (Lipinski definition) is 4. The van der Waals surface area contributed by atoms with E-state index in [-0.39, 0.29) is 23.8 Å². The van der Waals surface area contributed by atoms with Crippen LogP contribution in [0.15, 0.2) is 40.9 Å². The fraction of sp³-hybridized carbons (Fsp3) is 0.318. The van der Waals surface area contributed by atoms with E-state index >= 15 is 0 Å². The van der Waals surface area contributed by atoms with Gasteiger partial charge in [-0.05, 0) is 55.8 Å². The lowest BCUT2D eigenvalue weighted by molar-refractivity contribution is -0.135. The summed E-state index contributed by atoms with van der Waals surface area (Å²) in [6.07, 6.45) is 1.64. The van der Waals surface area contributed by atoms with E-state index in [2.05, 4.69) is 26.1 Å². The Morgan fingerprint density at radius 2 is 1.77 bits per heavy atom. The highest BCUT2D eigenvalue weighted by molar-refractivity contribution is 9.10. The Balaban J connectivity index is 1.57. The number of amides is 3. The molecule has 2 aromatic carbocycles. The van der Waals surface area contributed by atoms with Gasteiger partial charge in [0.05, 0.1) is 17.5 Å². The molecule has 6 nitrogen and oxygen atoms in total. The number of benzene rings is 2. The van der Waals surface area contributed by atoms with Crippen LogP contribution in [0.25, 0.3) is 0 Å². The monoisotopic (exact) mass is 519 g/mol. The molecule has 31 heavy (non-hydrogen) atoms. The van der Waals surface area contributed by atoms with E-state index in [1.165, 1.54) is 4.90 Å². The molecule has 1 N–H and O–H groups in total. The van der Waals surface area contributed by atoms with Gasteiger partial charge in [0.1, 0.15) is 5.54 Å². The molecule has 2 aromatic rings. The van der Waals surface area contributed by atoms with E-state index in [0.717, 1.165) is 22.9 Å². The highest BCUT2D eigenvalue weighted by Gasteiger charge is 2.74. The summed E-state index contributed by atoms with van der Waals surface area (Å²) < 4.78 is 0.816. The zero-order chi connectivity index (χ0) is 21.7. The Kier molecular flexibility index (Phi) is 4.16. The van der Waals surface area contributed by atoms with Gasteiger partial charge in [0.25, 0.3) is 0 Å². The molecule has 0 bridgehead atoms. The highest BCUT2D eigenvalue weighted by atomic mass is 79.9. The molecule has 3 amide bonds. The number of fused-ring (bicyclic) bond motifs is 7. The van der Waals surface area contributed by atoms with Crippen molar-refractivity contribution in [3.63, 3.8) is 0 Å². The zero-order valence-electron chi connectivity index (χ0n) is 16.1. The number of carbonyl (C=O) groups is 3. The molecule has 3 saturated heterocycles. The second-order valence-corrected chi connectivity index (χ2v) is 10.2. The zero-order valence-corrected chi connectivity index (χ0v) is 19.2. The Morgan fingerprint density at radius 3 is 2.52 bits per heavy atom. The molecule has 4 aliphatic heterocycles. The molecule has 4 heterocycles. The van der Waals surface area contributed by atoms with Crippen LogP contribution >= 0.6 is 39.1 Å². The maximum absolute atomic E-state index is 13.9. The third-order valence-corrected chi connectivity index (χ3v) is 7.99. The van der Waals surface area contributed by atoms with E-state index in [9.17, 15) is 14.4 Å². The van der Waals surface area contributed by atoms with E-state index in [1.54, 1.807) is 18.2 Å². The maximum atomic E-state index is 13.9. The van der Waals surface area contributed by atoms with E-state index < -0.39 is 17.4 Å². The van der Waals surface area contributed by atoms with Gasteiger partial charge in [0.15, 0.2) is 0 Å². The normalized spacial score (nSPS) is 31.4. The smallest absolute Gasteiger partial charge is 0.250 e. The van der Waals surface area contributed by atoms with E-state index in [0.29, 0.717) is 28.0 Å². The van der Waals surface area contributed by atoms with Crippen LogP contribution in [0.1, 0.15) is 18.4 Å². The molecule has 0 aliphatic carbocycles. The van der Waals surface area contributed by atoms with Gasteiger partial charge in [-0.1, -0.05) is 39.1 Å². The van der Waals surface area contributed by atoms with Crippen molar-refractivity contribution in [1.29, 1.82) is 0 Å². The first-order valence-corrected chi connectivity index (χ1v) is 11.6. The van der Waals surface area contributed by atoms with Crippen molar-refractivity contribution in [2.24, 2.45) is 11.8 Å². The van der Waals surface area contributed by atoms with E-state index in [4.69, 9.17) is 23.2 Å². The summed E-state index contributed by atoms with van der Waals surface area (Å²) in [5.41, 5.74) is 0.575. The second-order valence-electron chi connectivity index (χ2n) is 8.46. The van der Waals surface area contributed by atoms with Crippen molar-refractivity contribution in [3.8, 4) is 0 Å². The molecule has 4 aliphatic rings. The number of carbonyl (C=O) groups excluding carboxylic acids is 3. The highest BCUT2D eigenvalue weighted by Crippen LogP contribution is 2.61. The standard InChI is InChI=1S/C22H16BrCl2N3O3/c23-10-3-4-15-14(6-10)22(21(31)26-15)18-17(16-2-1-5-27(16)22)19(29)28(20(18)30)13-8-11(24)7-12(25)9-13/h3-4,6-9,16-18H,1-2,5H2,(H,26,31). The van der Waals surface area contributed by atoms with Gasteiger partial charge < -0.3 is 5.32 Å². The summed E-state index contributed by atoms with van der Waals surface area (Å²) in [6.45, 7) is 0.667. The minimum atomic E-state index is -1.20. The minimum absolute atomic E-state index is 0.170.